The van der Waals surface area contributed by atoms with Crippen molar-refractivity contribution >= 4 is 0 Å². The summed E-state index contributed by atoms with van der Waals surface area (Å²) < 4.78 is 12.3. The molecule has 1 aromatic heterocycles. The lowest BCUT2D eigenvalue weighted by molar-refractivity contribution is 0.395. The summed E-state index contributed by atoms with van der Waals surface area (Å²) in [4.78, 5) is 4.04. The third-order valence-corrected chi connectivity index (χ3v) is 2.71. The van der Waals surface area contributed by atoms with E-state index in [0.717, 1.165) is 11.3 Å². The van der Waals surface area contributed by atoms with E-state index in [0.29, 0.717) is 17.2 Å². The average molecular weight is 243 g/mol. The highest BCUT2D eigenvalue weighted by molar-refractivity contribution is 5.72. The molecule has 92 valence electrons. The molecule has 0 aliphatic carbocycles. The largest absolute Gasteiger partial charge is 0.497 e. The first kappa shape index (κ1) is 12.0. The van der Waals surface area contributed by atoms with E-state index in [4.69, 9.17) is 14.7 Å². The van der Waals surface area contributed by atoms with Gasteiger partial charge in [-0.15, -0.1) is 0 Å². The smallest absolute Gasteiger partial charge is 0.166 e. The lowest BCUT2D eigenvalue weighted by atomic mass is 10.1. The summed E-state index contributed by atoms with van der Waals surface area (Å²) >= 11 is 0. The lowest BCUT2D eigenvalue weighted by Gasteiger charge is -2.11. The Labute approximate surface area is 105 Å². The third-order valence-electron chi connectivity index (χ3n) is 2.71. The topological polar surface area (TPSA) is 60.1 Å². The molecule has 0 unspecified atom stereocenters. The van der Waals surface area contributed by atoms with Crippen LogP contribution >= 0.6 is 0 Å². The number of aryl methyl sites for hydroxylation is 1. The molecule has 0 atom stereocenters. The maximum Gasteiger partial charge on any atom is 0.166 e. The fraction of sp³-hybridized carbons (Fsp3) is 0.231. The Morgan fingerprint density at radius 1 is 1.28 bits per heavy atom. The summed E-state index contributed by atoms with van der Waals surface area (Å²) in [7, 11) is 5.02. The van der Waals surface area contributed by atoms with E-state index in [1.54, 1.807) is 31.2 Å². The first-order chi connectivity index (χ1) is 8.71. The zero-order chi connectivity index (χ0) is 13.1. The molecule has 18 heavy (non-hydrogen) atoms. The molecular formula is C13H13N3O2. The van der Waals surface area contributed by atoms with Crippen LogP contribution in [0.25, 0.3) is 11.3 Å². The number of ether oxygens (including phenoxy) is 2. The van der Waals surface area contributed by atoms with Gasteiger partial charge in [-0.3, -0.25) is 0 Å². The second-order valence-corrected chi connectivity index (χ2v) is 3.73. The molecule has 1 heterocycles. The number of imidazole rings is 1. The highest BCUT2D eigenvalue weighted by atomic mass is 16.5. The second-order valence-electron chi connectivity index (χ2n) is 3.73. The van der Waals surface area contributed by atoms with E-state index in [1.807, 2.05) is 19.2 Å². The number of nitriles is 1. The fourth-order valence-corrected chi connectivity index (χ4v) is 1.82. The molecule has 2 aromatic rings. The predicted octanol–water partition coefficient (Wildman–Crippen LogP) is 1.98. The van der Waals surface area contributed by atoms with Crippen LogP contribution in [0.5, 0.6) is 11.5 Å². The first-order valence-electron chi connectivity index (χ1n) is 5.35. The standard InChI is InChI=1S/C13H13N3O2/c1-16-8-15-11(7-14)13(16)10-5-4-9(17-2)6-12(10)18-3/h4-6,8H,1-3H3. The maximum atomic E-state index is 9.07. The van der Waals surface area contributed by atoms with Crippen LogP contribution < -0.4 is 9.47 Å². The maximum absolute atomic E-state index is 9.07. The van der Waals surface area contributed by atoms with Crippen molar-refractivity contribution in [1.82, 2.24) is 9.55 Å². The van der Waals surface area contributed by atoms with Crippen molar-refractivity contribution < 1.29 is 9.47 Å². The Morgan fingerprint density at radius 3 is 2.67 bits per heavy atom. The molecule has 0 N–H and O–H groups in total. The average Bonchev–Trinajstić information content (AvgIpc) is 2.78. The molecule has 5 heteroatoms. The Hall–Kier alpha value is -2.48. The van der Waals surface area contributed by atoms with Crippen LogP contribution in [0.15, 0.2) is 24.5 Å². The Bertz CT molecular complexity index is 611. The van der Waals surface area contributed by atoms with Crippen molar-refractivity contribution in [3.05, 3.63) is 30.2 Å². The minimum Gasteiger partial charge on any atom is -0.497 e. The highest BCUT2D eigenvalue weighted by Gasteiger charge is 2.15. The molecule has 0 aliphatic heterocycles. The number of hydrogen-bond acceptors (Lipinski definition) is 4. The molecule has 0 spiro atoms. The molecule has 0 saturated heterocycles. The zero-order valence-corrected chi connectivity index (χ0v) is 10.5. The number of methoxy groups -OCH3 is 2. The van der Waals surface area contributed by atoms with Crippen LogP contribution in [0.4, 0.5) is 0 Å². The van der Waals surface area contributed by atoms with Gasteiger partial charge in [-0.25, -0.2) is 4.98 Å². The van der Waals surface area contributed by atoms with Crippen molar-refractivity contribution in [1.29, 1.82) is 5.26 Å². The summed E-state index contributed by atoms with van der Waals surface area (Å²) in [6.07, 6.45) is 1.61. The van der Waals surface area contributed by atoms with E-state index < -0.39 is 0 Å². The molecule has 0 amide bonds. The summed E-state index contributed by atoms with van der Waals surface area (Å²) in [5, 5.41) is 9.07. The van der Waals surface area contributed by atoms with E-state index in [2.05, 4.69) is 11.1 Å². The summed E-state index contributed by atoms with van der Waals surface area (Å²) in [6.45, 7) is 0. The van der Waals surface area contributed by atoms with Gasteiger partial charge in [0.05, 0.1) is 26.2 Å². The van der Waals surface area contributed by atoms with Gasteiger partial charge in [0.15, 0.2) is 5.69 Å². The van der Waals surface area contributed by atoms with Gasteiger partial charge in [-0.2, -0.15) is 5.26 Å². The van der Waals surface area contributed by atoms with Crippen LogP contribution in [-0.4, -0.2) is 23.8 Å². The number of aromatic nitrogens is 2. The van der Waals surface area contributed by atoms with E-state index in [-0.39, 0.29) is 0 Å². The molecule has 0 fully saturated rings. The zero-order valence-electron chi connectivity index (χ0n) is 10.5. The molecule has 0 saturated carbocycles. The van der Waals surface area contributed by atoms with Gasteiger partial charge in [-0.1, -0.05) is 0 Å². The minimum atomic E-state index is 0.376. The second kappa shape index (κ2) is 4.80. The van der Waals surface area contributed by atoms with Gasteiger partial charge in [0.25, 0.3) is 0 Å². The van der Waals surface area contributed by atoms with Gasteiger partial charge in [0.1, 0.15) is 17.6 Å². The van der Waals surface area contributed by atoms with Gasteiger partial charge in [0.2, 0.25) is 0 Å². The molecule has 0 aliphatic rings. The van der Waals surface area contributed by atoms with Crippen LogP contribution in [0, 0.1) is 11.3 Å². The van der Waals surface area contributed by atoms with Crippen LogP contribution in [-0.2, 0) is 7.05 Å². The van der Waals surface area contributed by atoms with Gasteiger partial charge in [0, 0.05) is 18.7 Å². The van der Waals surface area contributed by atoms with E-state index in [9.17, 15) is 0 Å². The SMILES string of the molecule is COc1ccc(-c2c(C#N)ncn2C)c(OC)c1. The third kappa shape index (κ3) is 1.89. The van der Waals surface area contributed by atoms with Gasteiger partial charge < -0.3 is 14.0 Å². The van der Waals surface area contributed by atoms with Crippen LogP contribution in [0.3, 0.4) is 0 Å². The summed E-state index contributed by atoms with van der Waals surface area (Å²) in [5.74, 6) is 1.35. The number of nitrogens with zero attached hydrogens (tertiary/aromatic N) is 3. The summed E-state index contributed by atoms with van der Waals surface area (Å²) in [6, 6.07) is 7.54. The molecule has 1 aromatic carbocycles. The minimum absolute atomic E-state index is 0.376. The van der Waals surface area contributed by atoms with Gasteiger partial charge in [-0.05, 0) is 12.1 Å². The van der Waals surface area contributed by atoms with Crippen molar-refractivity contribution in [3.63, 3.8) is 0 Å². The Kier molecular flexibility index (Phi) is 3.20. The normalized spacial score (nSPS) is 9.89. The predicted molar refractivity (Wildman–Crippen MR) is 66.5 cm³/mol. The van der Waals surface area contributed by atoms with Crippen LogP contribution in [0.2, 0.25) is 0 Å². The Balaban J connectivity index is 2.64. The number of benzene rings is 1. The first-order valence-corrected chi connectivity index (χ1v) is 5.35. The van der Waals surface area contributed by atoms with Crippen LogP contribution in [0.1, 0.15) is 5.69 Å². The molecule has 0 bridgehead atoms. The fourth-order valence-electron chi connectivity index (χ4n) is 1.82. The van der Waals surface area contributed by atoms with E-state index in [1.165, 1.54) is 0 Å². The highest BCUT2D eigenvalue weighted by Crippen LogP contribution is 2.34. The van der Waals surface area contributed by atoms with Crippen molar-refractivity contribution in [2.45, 2.75) is 0 Å². The van der Waals surface area contributed by atoms with Gasteiger partial charge >= 0.3 is 0 Å². The molecule has 5 nitrogen and oxygen atoms in total. The Morgan fingerprint density at radius 2 is 2.06 bits per heavy atom. The number of hydrogen-bond donors (Lipinski definition) is 0. The summed E-state index contributed by atoms with van der Waals surface area (Å²) in [5.41, 5.74) is 1.92. The molecule has 2 rings (SSSR count). The quantitative estimate of drug-likeness (QED) is 0.827. The number of rotatable bonds is 3. The molecular weight excluding hydrogens is 230 g/mol. The van der Waals surface area contributed by atoms with E-state index >= 15 is 0 Å². The monoisotopic (exact) mass is 243 g/mol. The van der Waals surface area contributed by atoms with Crippen molar-refractivity contribution in [3.8, 4) is 28.8 Å². The lowest BCUT2D eigenvalue weighted by Crippen LogP contribution is -1.96. The van der Waals surface area contributed by atoms with Crippen molar-refractivity contribution in [2.75, 3.05) is 14.2 Å². The molecule has 0 radical (unpaired) electrons. The van der Waals surface area contributed by atoms with Crippen molar-refractivity contribution in [2.24, 2.45) is 7.05 Å².